The van der Waals surface area contributed by atoms with Gasteiger partial charge in [-0.15, -0.1) is 0 Å². The maximum Gasteiger partial charge on any atom is 0.267 e. The third-order valence-corrected chi connectivity index (χ3v) is 4.23. The van der Waals surface area contributed by atoms with Crippen LogP contribution in [0, 0.1) is 12.8 Å². The van der Waals surface area contributed by atoms with Crippen LogP contribution in [0.4, 0.5) is 0 Å². The average molecular weight is 343 g/mol. The Labute approximate surface area is 148 Å². The summed E-state index contributed by atoms with van der Waals surface area (Å²) in [5.74, 6) is -0.330. The van der Waals surface area contributed by atoms with Crippen molar-refractivity contribution in [3.8, 4) is 5.75 Å². The summed E-state index contributed by atoms with van der Waals surface area (Å²) in [6.45, 7) is 4.66. The SMILES string of the molecule is CCOc1ccc(CC(CNC(=O)c2ccc(C)n2C)C(N)=O)cc1. The van der Waals surface area contributed by atoms with Crippen LogP contribution < -0.4 is 15.8 Å². The third-order valence-electron chi connectivity index (χ3n) is 4.23. The molecule has 25 heavy (non-hydrogen) atoms. The van der Waals surface area contributed by atoms with E-state index in [-0.39, 0.29) is 12.5 Å². The zero-order valence-corrected chi connectivity index (χ0v) is 14.9. The van der Waals surface area contributed by atoms with Crippen molar-refractivity contribution in [1.82, 2.24) is 9.88 Å². The molecule has 0 aliphatic heterocycles. The Morgan fingerprint density at radius 1 is 1.20 bits per heavy atom. The molecule has 0 aliphatic rings. The molecule has 0 bridgehead atoms. The van der Waals surface area contributed by atoms with Gasteiger partial charge in [0.2, 0.25) is 5.91 Å². The number of nitrogens with zero attached hydrogens (tertiary/aromatic N) is 1. The second-order valence-electron chi connectivity index (χ2n) is 6.01. The Morgan fingerprint density at radius 2 is 1.88 bits per heavy atom. The lowest BCUT2D eigenvalue weighted by molar-refractivity contribution is -0.121. The number of primary amides is 1. The molecule has 1 unspecified atom stereocenters. The van der Waals surface area contributed by atoms with Crippen molar-refractivity contribution in [3.63, 3.8) is 0 Å². The minimum absolute atomic E-state index is 0.200. The maximum atomic E-state index is 12.3. The number of nitrogens with one attached hydrogen (secondary N) is 1. The first-order chi connectivity index (χ1) is 11.9. The second kappa shape index (κ2) is 8.37. The van der Waals surface area contributed by atoms with Crippen LogP contribution >= 0.6 is 0 Å². The lowest BCUT2D eigenvalue weighted by Crippen LogP contribution is -2.37. The third kappa shape index (κ3) is 4.86. The van der Waals surface area contributed by atoms with Crippen molar-refractivity contribution < 1.29 is 14.3 Å². The number of rotatable bonds is 8. The minimum atomic E-state index is -0.469. The topological polar surface area (TPSA) is 86.3 Å². The van der Waals surface area contributed by atoms with Crippen molar-refractivity contribution in [2.75, 3.05) is 13.2 Å². The van der Waals surface area contributed by atoms with Crippen LogP contribution in [0.1, 0.15) is 28.7 Å². The Hall–Kier alpha value is -2.76. The number of ether oxygens (including phenoxy) is 1. The molecule has 0 saturated carbocycles. The summed E-state index contributed by atoms with van der Waals surface area (Å²) in [4.78, 5) is 24.0. The van der Waals surface area contributed by atoms with Gasteiger partial charge in [0.25, 0.3) is 5.91 Å². The van der Waals surface area contributed by atoms with Crippen molar-refractivity contribution in [2.24, 2.45) is 18.7 Å². The van der Waals surface area contributed by atoms with E-state index < -0.39 is 11.8 Å². The van der Waals surface area contributed by atoms with Gasteiger partial charge in [0, 0.05) is 19.3 Å². The summed E-state index contributed by atoms with van der Waals surface area (Å²) < 4.78 is 7.21. The van der Waals surface area contributed by atoms with Gasteiger partial charge in [0.05, 0.1) is 12.5 Å². The fourth-order valence-corrected chi connectivity index (χ4v) is 2.59. The fourth-order valence-electron chi connectivity index (χ4n) is 2.59. The van der Waals surface area contributed by atoms with E-state index in [4.69, 9.17) is 10.5 Å². The number of amides is 2. The summed E-state index contributed by atoms with van der Waals surface area (Å²) in [5, 5.41) is 2.80. The molecular formula is C19H25N3O3. The van der Waals surface area contributed by atoms with Crippen molar-refractivity contribution in [2.45, 2.75) is 20.3 Å². The highest BCUT2D eigenvalue weighted by molar-refractivity contribution is 5.93. The van der Waals surface area contributed by atoms with Crippen LogP contribution in [-0.4, -0.2) is 29.5 Å². The number of aromatic nitrogens is 1. The van der Waals surface area contributed by atoms with Gasteiger partial charge in [-0.05, 0) is 50.1 Å². The smallest absolute Gasteiger partial charge is 0.267 e. The van der Waals surface area contributed by atoms with Gasteiger partial charge >= 0.3 is 0 Å². The fraction of sp³-hybridized carbons (Fsp3) is 0.368. The molecule has 2 amide bonds. The molecule has 1 aromatic carbocycles. The van der Waals surface area contributed by atoms with Crippen LogP contribution in [0.2, 0.25) is 0 Å². The van der Waals surface area contributed by atoms with E-state index in [9.17, 15) is 9.59 Å². The van der Waals surface area contributed by atoms with Crippen LogP contribution in [0.25, 0.3) is 0 Å². The highest BCUT2D eigenvalue weighted by Gasteiger charge is 2.19. The predicted molar refractivity (Wildman–Crippen MR) is 96.5 cm³/mol. The maximum absolute atomic E-state index is 12.3. The molecule has 1 heterocycles. The first-order valence-electron chi connectivity index (χ1n) is 8.34. The van der Waals surface area contributed by atoms with Gasteiger partial charge in [0.1, 0.15) is 11.4 Å². The Bertz CT molecular complexity index is 735. The lowest BCUT2D eigenvalue weighted by Gasteiger charge is -2.15. The van der Waals surface area contributed by atoms with Crippen molar-refractivity contribution >= 4 is 11.8 Å². The molecule has 2 rings (SSSR count). The number of aryl methyl sites for hydroxylation is 1. The Balaban J connectivity index is 1.97. The predicted octanol–water partition coefficient (Wildman–Crippen LogP) is 1.81. The molecule has 6 heteroatoms. The quantitative estimate of drug-likeness (QED) is 0.766. The summed E-state index contributed by atoms with van der Waals surface area (Å²) >= 11 is 0. The van der Waals surface area contributed by atoms with E-state index in [2.05, 4.69) is 5.32 Å². The molecule has 6 nitrogen and oxygen atoms in total. The van der Waals surface area contributed by atoms with Crippen molar-refractivity contribution in [1.29, 1.82) is 0 Å². The summed E-state index contributed by atoms with van der Waals surface area (Å²) in [6.07, 6.45) is 0.466. The van der Waals surface area contributed by atoms with E-state index in [0.29, 0.717) is 18.7 Å². The summed E-state index contributed by atoms with van der Waals surface area (Å²) in [7, 11) is 1.83. The van der Waals surface area contributed by atoms with Crippen LogP contribution in [0.15, 0.2) is 36.4 Å². The van der Waals surface area contributed by atoms with Gasteiger partial charge in [-0.1, -0.05) is 12.1 Å². The zero-order valence-electron chi connectivity index (χ0n) is 14.9. The Kier molecular flexibility index (Phi) is 6.22. The molecule has 0 saturated heterocycles. The van der Waals surface area contributed by atoms with Gasteiger partial charge in [-0.25, -0.2) is 0 Å². The van der Waals surface area contributed by atoms with Gasteiger partial charge in [0.15, 0.2) is 0 Å². The zero-order chi connectivity index (χ0) is 18.4. The number of nitrogens with two attached hydrogens (primary N) is 1. The molecule has 1 aromatic heterocycles. The number of hydrogen-bond donors (Lipinski definition) is 2. The van der Waals surface area contributed by atoms with Crippen LogP contribution in [-0.2, 0) is 18.3 Å². The van der Waals surface area contributed by atoms with E-state index in [0.717, 1.165) is 17.0 Å². The van der Waals surface area contributed by atoms with E-state index in [1.807, 2.05) is 51.2 Å². The van der Waals surface area contributed by atoms with Crippen LogP contribution in [0.5, 0.6) is 5.75 Å². The normalized spacial score (nSPS) is 11.8. The first-order valence-corrected chi connectivity index (χ1v) is 8.34. The largest absolute Gasteiger partial charge is 0.494 e. The molecule has 134 valence electrons. The summed E-state index contributed by atoms with van der Waals surface area (Å²) in [5.41, 5.74) is 8.02. The standard InChI is InChI=1S/C19H25N3O3/c1-4-25-16-8-6-14(7-9-16)11-15(18(20)23)12-21-19(24)17-10-5-13(2)22(17)3/h5-10,15H,4,11-12H2,1-3H3,(H2,20,23)(H,21,24). The number of hydrogen-bond acceptors (Lipinski definition) is 3. The van der Waals surface area contributed by atoms with E-state index in [1.165, 1.54) is 0 Å². The highest BCUT2D eigenvalue weighted by Crippen LogP contribution is 2.15. The first kappa shape index (κ1) is 18.6. The molecule has 3 N–H and O–H groups in total. The molecular weight excluding hydrogens is 318 g/mol. The summed E-state index contributed by atoms with van der Waals surface area (Å²) in [6, 6.07) is 11.2. The molecule has 0 aliphatic carbocycles. The van der Waals surface area contributed by atoms with E-state index >= 15 is 0 Å². The van der Waals surface area contributed by atoms with Gasteiger partial charge < -0.3 is 20.4 Å². The van der Waals surface area contributed by atoms with Crippen molar-refractivity contribution in [3.05, 3.63) is 53.3 Å². The lowest BCUT2D eigenvalue weighted by atomic mass is 9.98. The highest BCUT2D eigenvalue weighted by atomic mass is 16.5. The van der Waals surface area contributed by atoms with Gasteiger partial charge in [-0.2, -0.15) is 0 Å². The second-order valence-corrected chi connectivity index (χ2v) is 6.01. The number of benzene rings is 1. The number of carbonyl (C=O) groups is 2. The number of carbonyl (C=O) groups excluding carboxylic acids is 2. The average Bonchev–Trinajstić information content (AvgIpc) is 2.92. The molecule has 2 aromatic rings. The molecule has 0 fully saturated rings. The minimum Gasteiger partial charge on any atom is -0.494 e. The molecule has 1 atom stereocenters. The monoisotopic (exact) mass is 343 g/mol. The molecule has 0 radical (unpaired) electrons. The van der Waals surface area contributed by atoms with Gasteiger partial charge in [-0.3, -0.25) is 9.59 Å². The van der Waals surface area contributed by atoms with E-state index in [1.54, 1.807) is 10.6 Å². The van der Waals surface area contributed by atoms with Crippen LogP contribution in [0.3, 0.4) is 0 Å². The Morgan fingerprint density at radius 3 is 2.40 bits per heavy atom. The molecule has 0 spiro atoms.